The molecule has 0 aromatic heterocycles. The molecule has 0 atom stereocenters. The fourth-order valence-electron chi connectivity index (χ4n) is 3.41. The molecule has 30 heavy (non-hydrogen) atoms. The van der Waals surface area contributed by atoms with E-state index in [1.165, 1.54) is 4.31 Å². The van der Waals surface area contributed by atoms with Crippen LogP contribution in [-0.4, -0.2) is 37.8 Å². The molecule has 1 aliphatic rings. The molecule has 0 spiro atoms. The molecular weight excluding hydrogens is 468 g/mol. The van der Waals surface area contributed by atoms with Crippen LogP contribution in [0.1, 0.15) is 32.3 Å². The van der Waals surface area contributed by atoms with Crippen LogP contribution in [0.5, 0.6) is 5.75 Å². The van der Waals surface area contributed by atoms with Gasteiger partial charge in [0, 0.05) is 29.2 Å². The molecule has 0 bridgehead atoms. The lowest BCUT2D eigenvalue weighted by molar-refractivity contribution is -0.120. The number of hydrogen-bond acceptors (Lipinski definition) is 4. The van der Waals surface area contributed by atoms with Gasteiger partial charge in [0.15, 0.2) is 0 Å². The quantitative estimate of drug-likeness (QED) is 0.617. The number of piperidine rings is 1. The molecule has 1 N–H and O–H groups in total. The number of ether oxygens (including phenoxy) is 1. The van der Waals surface area contributed by atoms with Crippen molar-refractivity contribution < 1.29 is 17.9 Å². The first kappa shape index (κ1) is 22.8. The maximum atomic E-state index is 12.7. The minimum Gasteiger partial charge on any atom is -0.491 e. The lowest BCUT2D eigenvalue weighted by Gasteiger charge is -2.30. The number of hydrogen-bond donors (Lipinski definition) is 1. The number of nitrogens with zero attached hydrogens (tertiary/aromatic N) is 1. The van der Waals surface area contributed by atoms with Crippen LogP contribution in [0.25, 0.3) is 0 Å². The lowest BCUT2D eigenvalue weighted by atomic mass is 9.97. The Balaban J connectivity index is 1.51. The highest BCUT2D eigenvalue weighted by atomic mass is 79.9. The van der Waals surface area contributed by atoms with Crippen LogP contribution in [0.2, 0.25) is 0 Å². The Morgan fingerprint density at radius 3 is 2.27 bits per heavy atom. The van der Waals surface area contributed by atoms with Crippen LogP contribution in [0.4, 0.5) is 5.69 Å². The Bertz CT molecular complexity index is 952. The summed E-state index contributed by atoms with van der Waals surface area (Å²) in [6.07, 6.45) is 1.12. The normalized spacial score (nSPS) is 15.9. The fraction of sp³-hybridized carbons (Fsp3) is 0.409. The van der Waals surface area contributed by atoms with Crippen molar-refractivity contribution in [2.75, 3.05) is 18.4 Å². The molecule has 1 aliphatic heterocycles. The van der Waals surface area contributed by atoms with E-state index in [1.54, 1.807) is 12.1 Å². The smallest absolute Gasteiger partial charge is 0.227 e. The van der Waals surface area contributed by atoms with Crippen molar-refractivity contribution in [3.8, 4) is 5.75 Å². The van der Waals surface area contributed by atoms with E-state index in [0.29, 0.717) is 31.6 Å². The summed E-state index contributed by atoms with van der Waals surface area (Å²) in [5.41, 5.74) is 1.46. The Kier molecular flexibility index (Phi) is 7.55. The SMILES string of the molecule is CC(C)Oc1ccc(NC(=O)C2CCN(S(=O)(=O)Cc3ccc(Br)cc3)CC2)cc1. The predicted molar refractivity (Wildman–Crippen MR) is 122 cm³/mol. The summed E-state index contributed by atoms with van der Waals surface area (Å²) < 4.78 is 33.5. The minimum absolute atomic E-state index is 0.0259. The third-order valence-electron chi connectivity index (χ3n) is 4.97. The number of amides is 1. The maximum Gasteiger partial charge on any atom is 0.227 e. The van der Waals surface area contributed by atoms with Crippen molar-refractivity contribution in [3.63, 3.8) is 0 Å². The minimum atomic E-state index is -3.40. The second-order valence-electron chi connectivity index (χ2n) is 7.74. The van der Waals surface area contributed by atoms with Gasteiger partial charge in [-0.15, -0.1) is 0 Å². The molecule has 8 heteroatoms. The van der Waals surface area contributed by atoms with E-state index in [-0.39, 0.29) is 23.7 Å². The third-order valence-corrected chi connectivity index (χ3v) is 7.35. The highest BCUT2D eigenvalue weighted by Gasteiger charge is 2.31. The Labute approximate surface area is 186 Å². The number of carbonyl (C=O) groups excluding carboxylic acids is 1. The Morgan fingerprint density at radius 1 is 1.10 bits per heavy atom. The lowest BCUT2D eigenvalue weighted by Crippen LogP contribution is -2.41. The molecule has 162 valence electrons. The van der Waals surface area contributed by atoms with Gasteiger partial charge in [-0.05, 0) is 68.7 Å². The highest BCUT2D eigenvalue weighted by molar-refractivity contribution is 9.10. The number of halogens is 1. The molecule has 0 radical (unpaired) electrons. The zero-order valence-electron chi connectivity index (χ0n) is 17.2. The Morgan fingerprint density at radius 2 is 1.70 bits per heavy atom. The molecule has 2 aromatic rings. The molecule has 0 aliphatic carbocycles. The summed E-state index contributed by atoms with van der Waals surface area (Å²) in [6, 6.07) is 14.6. The molecule has 6 nitrogen and oxygen atoms in total. The summed E-state index contributed by atoms with van der Waals surface area (Å²) in [4.78, 5) is 12.6. The first-order valence-electron chi connectivity index (χ1n) is 10.0. The largest absolute Gasteiger partial charge is 0.491 e. The van der Waals surface area contributed by atoms with E-state index in [9.17, 15) is 13.2 Å². The van der Waals surface area contributed by atoms with E-state index < -0.39 is 10.0 Å². The van der Waals surface area contributed by atoms with Crippen molar-refractivity contribution in [2.24, 2.45) is 5.92 Å². The van der Waals surface area contributed by atoms with Gasteiger partial charge in [-0.3, -0.25) is 4.79 Å². The van der Waals surface area contributed by atoms with E-state index in [0.717, 1.165) is 15.8 Å². The van der Waals surface area contributed by atoms with Crippen molar-refractivity contribution in [3.05, 3.63) is 58.6 Å². The van der Waals surface area contributed by atoms with Crippen molar-refractivity contribution in [1.29, 1.82) is 0 Å². The number of carbonyl (C=O) groups is 1. The van der Waals surface area contributed by atoms with Crippen LogP contribution < -0.4 is 10.1 Å². The van der Waals surface area contributed by atoms with E-state index >= 15 is 0 Å². The van der Waals surface area contributed by atoms with Gasteiger partial charge in [-0.2, -0.15) is 0 Å². The van der Waals surface area contributed by atoms with Gasteiger partial charge in [-0.1, -0.05) is 28.1 Å². The van der Waals surface area contributed by atoms with Crippen molar-refractivity contribution >= 4 is 37.5 Å². The van der Waals surface area contributed by atoms with Crippen molar-refractivity contribution in [2.45, 2.75) is 38.5 Å². The fourth-order valence-corrected chi connectivity index (χ4v) is 5.24. The van der Waals surface area contributed by atoms with Gasteiger partial charge >= 0.3 is 0 Å². The number of nitrogens with one attached hydrogen (secondary N) is 1. The van der Waals surface area contributed by atoms with E-state index in [4.69, 9.17) is 4.74 Å². The summed E-state index contributed by atoms with van der Waals surface area (Å²) in [5, 5.41) is 2.92. The topological polar surface area (TPSA) is 75.7 Å². The molecule has 0 unspecified atom stereocenters. The van der Waals surface area contributed by atoms with E-state index in [1.807, 2.05) is 50.2 Å². The third kappa shape index (κ3) is 6.30. The number of benzene rings is 2. The van der Waals surface area contributed by atoms with Gasteiger partial charge < -0.3 is 10.1 Å². The van der Waals surface area contributed by atoms with Crippen LogP contribution in [0.3, 0.4) is 0 Å². The molecule has 3 rings (SSSR count). The van der Waals surface area contributed by atoms with Crippen LogP contribution >= 0.6 is 15.9 Å². The van der Waals surface area contributed by atoms with Gasteiger partial charge in [0.05, 0.1) is 11.9 Å². The molecule has 2 aromatic carbocycles. The second-order valence-corrected chi connectivity index (χ2v) is 10.6. The monoisotopic (exact) mass is 494 g/mol. The zero-order valence-corrected chi connectivity index (χ0v) is 19.6. The standard InChI is InChI=1S/C22H27BrN2O4S/c1-16(2)29-21-9-7-20(8-10-21)24-22(26)18-11-13-25(14-12-18)30(27,28)15-17-3-5-19(23)6-4-17/h3-10,16,18H,11-15H2,1-2H3,(H,24,26). The van der Waals surface area contributed by atoms with E-state index in [2.05, 4.69) is 21.2 Å². The summed E-state index contributed by atoms with van der Waals surface area (Å²) in [6.45, 7) is 4.64. The molecular formula is C22H27BrN2O4S. The summed E-state index contributed by atoms with van der Waals surface area (Å²) in [5.74, 6) is 0.461. The van der Waals surface area contributed by atoms with Gasteiger partial charge in [0.25, 0.3) is 0 Å². The van der Waals surface area contributed by atoms with Gasteiger partial charge in [-0.25, -0.2) is 12.7 Å². The molecule has 1 saturated heterocycles. The molecule has 1 fully saturated rings. The van der Waals surface area contributed by atoms with Gasteiger partial charge in [0.1, 0.15) is 5.75 Å². The van der Waals surface area contributed by atoms with Crippen LogP contribution in [0, 0.1) is 5.92 Å². The van der Waals surface area contributed by atoms with Crippen LogP contribution in [-0.2, 0) is 20.6 Å². The van der Waals surface area contributed by atoms with Gasteiger partial charge in [0.2, 0.25) is 15.9 Å². The summed E-state index contributed by atoms with van der Waals surface area (Å²) >= 11 is 3.35. The second kappa shape index (κ2) is 9.94. The number of sulfonamides is 1. The first-order valence-corrected chi connectivity index (χ1v) is 12.4. The molecule has 0 saturated carbocycles. The van der Waals surface area contributed by atoms with Crippen molar-refractivity contribution in [1.82, 2.24) is 4.31 Å². The first-order chi connectivity index (χ1) is 14.2. The highest BCUT2D eigenvalue weighted by Crippen LogP contribution is 2.24. The Hall–Kier alpha value is -1.90. The average Bonchev–Trinajstić information content (AvgIpc) is 2.71. The average molecular weight is 495 g/mol. The zero-order chi connectivity index (χ0) is 21.7. The maximum absolute atomic E-state index is 12.7. The summed E-state index contributed by atoms with van der Waals surface area (Å²) in [7, 11) is -3.40. The number of rotatable bonds is 7. The molecule has 1 heterocycles. The molecule has 1 amide bonds. The number of anilines is 1. The van der Waals surface area contributed by atoms with Crippen LogP contribution in [0.15, 0.2) is 53.0 Å². The predicted octanol–water partition coefficient (Wildman–Crippen LogP) is 4.42.